The average molecular weight is 531 g/mol. The van der Waals surface area contributed by atoms with E-state index in [0.717, 1.165) is 53.2 Å². The van der Waals surface area contributed by atoms with Crippen molar-refractivity contribution in [2.24, 2.45) is 5.92 Å². The largest absolute Gasteiger partial charge is 1.00 e. The van der Waals surface area contributed by atoms with E-state index in [9.17, 15) is 14.0 Å². The van der Waals surface area contributed by atoms with Crippen molar-refractivity contribution >= 4 is 34.5 Å². The standard InChI is InChI=1S/C15H20NO3S.C13H12FN.ClH/c1-11(17)19-14-10-16(6-4-12(14)5-7-16)9-13(18)15-3-2-8-20-15;1-15(12-5-3-2-4-6-12)13-9-7-11(14)8-10-13;/h2-3,8,12,14H,4-7,9-10H2,1H3;2-10H,1H3;1H/q+1;;/p-1. The Morgan fingerprint density at radius 2 is 1.64 bits per heavy atom. The molecule has 0 amide bonds. The summed E-state index contributed by atoms with van der Waals surface area (Å²) in [6.07, 6.45) is 2.14. The molecule has 4 heterocycles. The number of carbonyl (C=O) groups excluding carboxylic acids is 2. The van der Waals surface area contributed by atoms with E-state index in [4.69, 9.17) is 4.74 Å². The van der Waals surface area contributed by atoms with Gasteiger partial charge in [0.05, 0.1) is 18.0 Å². The van der Waals surface area contributed by atoms with E-state index in [2.05, 4.69) is 0 Å². The molecule has 1 unspecified atom stereocenters. The highest BCUT2D eigenvalue weighted by Gasteiger charge is 2.48. The van der Waals surface area contributed by atoms with Crippen LogP contribution in [0.1, 0.15) is 29.4 Å². The zero-order valence-corrected chi connectivity index (χ0v) is 22.2. The van der Waals surface area contributed by atoms with Crippen LogP contribution in [0.5, 0.6) is 0 Å². The minimum atomic E-state index is -0.208. The maximum Gasteiger partial charge on any atom is 0.303 e. The molecule has 1 aromatic heterocycles. The average Bonchev–Trinajstić information content (AvgIpc) is 3.41. The Morgan fingerprint density at radius 1 is 1.00 bits per heavy atom. The summed E-state index contributed by atoms with van der Waals surface area (Å²) >= 11 is 1.51. The van der Waals surface area contributed by atoms with Gasteiger partial charge in [0.2, 0.25) is 5.78 Å². The first-order valence-corrected chi connectivity index (χ1v) is 12.9. The van der Waals surface area contributed by atoms with Gasteiger partial charge < -0.3 is 26.5 Å². The number of ketones is 1. The fourth-order valence-corrected chi connectivity index (χ4v) is 5.73. The number of hydrogen-bond acceptors (Lipinski definition) is 5. The molecular formula is C28H32ClFN2O3S. The molecule has 3 aliphatic heterocycles. The second kappa shape index (κ2) is 12.5. The Labute approximate surface area is 222 Å². The third kappa shape index (κ3) is 6.93. The number of para-hydroxylation sites is 1. The molecule has 6 rings (SSSR count). The summed E-state index contributed by atoms with van der Waals surface area (Å²) in [4.78, 5) is 26.4. The van der Waals surface area contributed by atoms with Gasteiger partial charge in [-0.3, -0.25) is 9.59 Å². The van der Waals surface area contributed by atoms with Crippen LogP contribution in [-0.2, 0) is 9.53 Å². The van der Waals surface area contributed by atoms with Gasteiger partial charge in [-0.2, -0.15) is 0 Å². The van der Waals surface area contributed by atoms with Gasteiger partial charge in [-0.05, 0) is 47.8 Å². The van der Waals surface area contributed by atoms with Crippen molar-refractivity contribution < 1.29 is 35.6 Å². The van der Waals surface area contributed by atoms with Gasteiger partial charge in [-0.1, -0.05) is 24.3 Å². The molecule has 1 atom stereocenters. The monoisotopic (exact) mass is 530 g/mol. The number of piperidine rings is 3. The van der Waals surface area contributed by atoms with E-state index in [0.29, 0.717) is 12.5 Å². The van der Waals surface area contributed by atoms with Crippen LogP contribution in [0.4, 0.5) is 15.8 Å². The lowest BCUT2D eigenvalue weighted by Gasteiger charge is -2.51. The van der Waals surface area contributed by atoms with Crippen LogP contribution in [0.25, 0.3) is 0 Å². The molecule has 0 N–H and O–H groups in total. The number of Topliss-reactive ketones (excluding diaryl/α,β-unsaturated/α-hetero) is 1. The minimum absolute atomic E-state index is 0. The highest BCUT2D eigenvalue weighted by atomic mass is 35.5. The fraction of sp³-hybridized carbons (Fsp3) is 0.357. The molecule has 2 bridgehead atoms. The maximum atomic E-state index is 12.7. The molecule has 3 saturated heterocycles. The van der Waals surface area contributed by atoms with Crippen molar-refractivity contribution in [1.29, 1.82) is 0 Å². The van der Waals surface area contributed by atoms with Gasteiger partial charge in [0.1, 0.15) is 18.9 Å². The number of benzene rings is 2. The smallest absolute Gasteiger partial charge is 0.303 e. The Morgan fingerprint density at radius 3 is 2.22 bits per heavy atom. The van der Waals surface area contributed by atoms with Gasteiger partial charge >= 0.3 is 5.97 Å². The number of halogens is 2. The number of rotatable bonds is 6. The van der Waals surface area contributed by atoms with E-state index in [-0.39, 0.29) is 36.1 Å². The van der Waals surface area contributed by atoms with E-state index in [1.165, 1.54) is 30.4 Å². The number of nitrogens with zero attached hydrogens (tertiary/aromatic N) is 2. The molecule has 0 aliphatic carbocycles. The Balaban J connectivity index is 0.000000203. The molecule has 2 aromatic carbocycles. The summed E-state index contributed by atoms with van der Waals surface area (Å²) < 4.78 is 19.0. The number of anilines is 2. The lowest BCUT2D eigenvalue weighted by molar-refractivity contribution is -0.938. The van der Waals surface area contributed by atoms with Crippen molar-refractivity contribution in [1.82, 2.24) is 0 Å². The van der Waals surface area contributed by atoms with Gasteiger partial charge in [-0.15, -0.1) is 11.3 Å². The van der Waals surface area contributed by atoms with E-state index in [1.54, 1.807) is 12.1 Å². The van der Waals surface area contributed by atoms with Crippen LogP contribution >= 0.6 is 11.3 Å². The van der Waals surface area contributed by atoms with Gasteiger partial charge in [0, 0.05) is 44.1 Å². The van der Waals surface area contributed by atoms with Crippen LogP contribution in [0.3, 0.4) is 0 Å². The summed E-state index contributed by atoms with van der Waals surface area (Å²) in [6, 6.07) is 20.3. The zero-order valence-electron chi connectivity index (χ0n) is 20.6. The van der Waals surface area contributed by atoms with Gasteiger partial charge in [0.15, 0.2) is 6.10 Å². The first-order chi connectivity index (χ1) is 16.8. The molecule has 3 aliphatic rings. The maximum absolute atomic E-state index is 12.7. The molecule has 0 radical (unpaired) electrons. The van der Waals surface area contributed by atoms with Crippen LogP contribution < -0.4 is 17.3 Å². The van der Waals surface area contributed by atoms with Crippen LogP contribution in [0, 0.1) is 11.7 Å². The van der Waals surface area contributed by atoms with Gasteiger partial charge in [0.25, 0.3) is 0 Å². The molecule has 8 heteroatoms. The number of fused-ring (bicyclic) bond motifs is 3. The lowest BCUT2D eigenvalue weighted by Crippen LogP contribution is -3.00. The fourth-order valence-electron chi connectivity index (χ4n) is 5.08. The summed E-state index contributed by atoms with van der Waals surface area (Å²) in [6.45, 7) is 4.91. The van der Waals surface area contributed by atoms with Crippen molar-refractivity contribution in [3.8, 4) is 0 Å². The third-order valence-electron chi connectivity index (χ3n) is 6.99. The van der Waals surface area contributed by atoms with Crippen molar-refractivity contribution in [3.05, 3.63) is 82.8 Å². The Hall–Kier alpha value is -2.74. The molecule has 192 valence electrons. The summed E-state index contributed by atoms with van der Waals surface area (Å²) in [5.74, 6) is 0.310. The Kier molecular flexibility index (Phi) is 9.65. The summed E-state index contributed by atoms with van der Waals surface area (Å²) in [5.41, 5.74) is 2.06. The number of esters is 1. The van der Waals surface area contributed by atoms with Crippen LogP contribution in [-0.4, -0.2) is 55.6 Å². The quantitative estimate of drug-likeness (QED) is 0.279. The molecule has 3 aromatic rings. The SMILES string of the molecule is CC(=O)OC1C[N+]2(CC(=O)c3cccs3)CCC1CC2.CN(c1ccccc1)c1ccc(F)cc1.[Cl-]. The highest BCUT2D eigenvalue weighted by molar-refractivity contribution is 7.12. The predicted octanol–water partition coefficient (Wildman–Crippen LogP) is 2.70. The molecule has 0 saturated carbocycles. The van der Waals surface area contributed by atoms with Gasteiger partial charge in [-0.25, -0.2) is 4.39 Å². The summed E-state index contributed by atoms with van der Waals surface area (Å²) in [7, 11) is 1.96. The minimum Gasteiger partial charge on any atom is -1.00 e. The molecule has 3 fully saturated rings. The van der Waals surface area contributed by atoms with Crippen molar-refractivity contribution in [3.63, 3.8) is 0 Å². The summed E-state index contributed by atoms with van der Waals surface area (Å²) in [5, 5.41) is 1.94. The highest BCUT2D eigenvalue weighted by Crippen LogP contribution is 2.36. The number of ether oxygens (including phenoxy) is 1. The lowest BCUT2D eigenvalue weighted by atomic mass is 9.83. The first-order valence-electron chi connectivity index (χ1n) is 12.0. The second-order valence-corrected chi connectivity index (χ2v) is 10.3. The van der Waals surface area contributed by atoms with E-state index in [1.807, 2.05) is 59.8 Å². The van der Waals surface area contributed by atoms with Crippen molar-refractivity contribution in [2.45, 2.75) is 25.9 Å². The molecule has 5 nitrogen and oxygen atoms in total. The second-order valence-electron chi connectivity index (χ2n) is 9.39. The molecular weight excluding hydrogens is 499 g/mol. The van der Waals surface area contributed by atoms with Crippen LogP contribution in [0.15, 0.2) is 72.1 Å². The third-order valence-corrected chi connectivity index (χ3v) is 7.90. The number of hydrogen-bond donors (Lipinski definition) is 0. The van der Waals surface area contributed by atoms with Crippen LogP contribution in [0.2, 0.25) is 0 Å². The molecule has 0 spiro atoms. The first kappa shape index (κ1) is 27.8. The van der Waals surface area contributed by atoms with E-state index >= 15 is 0 Å². The number of quaternary nitrogens is 1. The zero-order chi connectivity index (χ0) is 24.8. The van der Waals surface area contributed by atoms with Crippen molar-refractivity contribution in [2.75, 3.05) is 38.1 Å². The number of thiophene rings is 1. The topological polar surface area (TPSA) is 46.6 Å². The number of carbonyl (C=O) groups is 2. The predicted molar refractivity (Wildman–Crippen MR) is 138 cm³/mol. The normalized spacial score (nSPS) is 22.0. The van der Waals surface area contributed by atoms with E-state index < -0.39 is 0 Å². The Bertz CT molecular complexity index is 1120. The molecule has 36 heavy (non-hydrogen) atoms.